The van der Waals surface area contributed by atoms with Gasteiger partial charge in [-0.3, -0.25) is 9.59 Å². The summed E-state index contributed by atoms with van der Waals surface area (Å²) < 4.78 is 5.32. The molecule has 2 rings (SSSR count). The maximum Gasteiger partial charge on any atom is 0.249 e. The van der Waals surface area contributed by atoms with Crippen molar-refractivity contribution in [1.29, 1.82) is 0 Å². The van der Waals surface area contributed by atoms with Crippen LogP contribution in [0.4, 0.5) is 0 Å². The molecule has 1 unspecified atom stereocenters. The Kier molecular flexibility index (Phi) is 4.16. The van der Waals surface area contributed by atoms with Gasteiger partial charge in [0.15, 0.2) is 0 Å². The van der Waals surface area contributed by atoms with E-state index >= 15 is 0 Å². The highest BCUT2D eigenvalue weighted by molar-refractivity contribution is 5.98. The fourth-order valence-corrected chi connectivity index (χ4v) is 2.78. The van der Waals surface area contributed by atoms with Crippen LogP contribution in [-0.4, -0.2) is 34.8 Å². The van der Waals surface area contributed by atoms with E-state index in [0.29, 0.717) is 19.3 Å². The van der Waals surface area contributed by atoms with Crippen molar-refractivity contribution < 1.29 is 14.0 Å². The number of rotatable bonds is 5. The third kappa shape index (κ3) is 2.57. The van der Waals surface area contributed by atoms with Crippen LogP contribution in [0.2, 0.25) is 0 Å². The van der Waals surface area contributed by atoms with Gasteiger partial charge in [-0.1, -0.05) is 13.8 Å². The van der Waals surface area contributed by atoms with Crippen molar-refractivity contribution >= 4 is 11.8 Å². The predicted octanol–water partition coefficient (Wildman–Crippen LogP) is 1.73. The fourth-order valence-electron chi connectivity index (χ4n) is 2.78. The molecule has 0 saturated carbocycles. The van der Waals surface area contributed by atoms with E-state index in [-0.39, 0.29) is 24.4 Å². The second kappa shape index (κ2) is 5.69. The van der Waals surface area contributed by atoms with Gasteiger partial charge in [0.2, 0.25) is 11.8 Å². The van der Waals surface area contributed by atoms with E-state index in [9.17, 15) is 9.59 Å². The van der Waals surface area contributed by atoms with Crippen LogP contribution in [0.3, 0.4) is 0 Å². The molecule has 0 spiro atoms. The van der Waals surface area contributed by atoms with Crippen molar-refractivity contribution in [3.63, 3.8) is 0 Å². The van der Waals surface area contributed by atoms with Crippen LogP contribution in [0.1, 0.15) is 39.4 Å². The van der Waals surface area contributed by atoms with Crippen LogP contribution in [0.15, 0.2) is 22.8 Å². The van der Waals surface area contributed by atoms with Crippen molar-refractivity contribution in [2.45, 2.75) is 51.6 Å². The zero-order valence-electron chi connectivity index (χ0n) is 12.3. The summed E-state index contributed by atoms with van der Waals surface area (Å²) in [4.78, 5) is 26.3. The molecule has 1 aromatic rings. The molecular formula is C15H22N2O3. The normalized spacial score (nSPS) is 19.9. The minimum absolute atomic E-state index is 0.0150. The van der Waals surface area contributed by atoms with Gasteiger partial charge >= 0.3 is 0 Å². The quantitative estimate of drug-likeness (QED) is 0.892. The molecule has 2 heterocycles. The topological polar surface area (TPSA) is 62.6 Å². The lowest BCUT2D eigenvalue weighted by molar-refractivity contribution is -0.152. The Hall–Kier alpha value is -1.78. The van der Waals surface area contributed by atoms with Gasteiger partial charge < -0.3 is 14.6 Å². The highest BCUT2D eigenvalue weighted by Crippen LogP contribution is 2.24. The molecule has 5 nitrogen and oxygen atoms in total. The summed E-state index contributed by atoms with van der Waals surface area (Å²) in [6, 6.07) is 3.66. The molecule has 1 fully saturated rings. The van der Waals surface area contributed by atoms with Crippen LogP contribution in [0.5, 0.6) is 0 Å². The van der Waals surface area contributed by atoms with Crippen LogP contribution >= 0.6 is 0 Å². The van der Waals surface area contributed by atoms with Crippen molar-refractivity contribution in [2.75, 3.05) is 6.54 Å². The molecule has 5 heteroatoms. The van der Waals surface area contributed by atoms with Gasteiger partial charge in [0.1, 0.15) is 11.3 Å². The summed E-state index contributed by atoms with van der Waals surface area (Å²) in [7, 11) is 0. The molecule has 2 amide bonds. The van der Waals surface area contributed by atoms with Gasteiger partial charge in [0.05, 0.1) is 12.8 Å². The molecule has 1 atom stereocenters. The summed E-state index contributed by atoms with van der Waals surface area (Å²) >= 11 is 0. The first-order chi connectivity index (χ1) is 9.52. The van der Waals surface area contributed by atoms with E-state index in [2.05, 4.69) is 5.32 Å². The Labute approximate surface area is 119 Å². The number of piperazine rings is 1. The van der Waals surface area contributed by atoms with Crippen LogP contribution in [-0.2, 0) is 16.0 Å². The monoisotopic (exact) mass is 278 g/mol. The molecule has 0 radical (unpaired) electrons. The maximum absolute atomic E-state index is 12.7. The number of nitrogens with zero attached hydrogens (tertiary/aromatic N) is 1. The number of hydrogen-bond donors (Lipinski definition) is 1. The van der Waals surface area contributed by atoms with E-state index in [1.807, 2.05) is 32.9 Å². The summed E-state index contributed by atoms with van der Waals surface area (Å²) in [5.74, 6) is 0.760. The molecule has 20 heavy (non-hydrogen) atoms. The summed E-state index contributed by atoms with van der Waals surface area (Å²) in [6.07, 6.45) is 3.46. The Balaban J connectivity index is 2.17. The zero-order valence-corrected chi connectivity index (χ0v) is 12.3. The molecule has 110 valence electrons. The molecular weight excluding hydrogens is 256 g/mol. The Morgan fingerprint density at radius 3 is 2.65 bits per heavy atom. The molecule has 1 saturated heterocycles. The predicted molar refractivity (Wildman–Crippen MR) is 75.0 cm³/mol. The molecule has 0 aromatic carbocycles. The molecule has 0 aliphatic carbocycles. The van der Waals surface area contributed by atoms with Crippen LogP contribution in [0, 0.1) is 0 Å². The largest absolute Gasteiger partial charge is 0.469 e. The third-order valence-corrected chi connectivity index (χ3v) is 4.18. The highest BCUT2D eigenvalue weighted by Gasteiger charge is 2.45. The summed E-state index contributed by atoms with van der Waals surface area (Å²) in [5.41, 5.74) is -0.743. The highest BCUT2D eigenvalue weighted by atomic mass is 16.3. The lowest BCUT2D eigenvalue weighted by Gasteiger charge is -2.43. The number of amides is 2. The minimum Gasteiger partial charge on any atom is -0.469 e. The van der Waals surface area contributed by atoms with Crippen LogP contribution in [0.25, 0.3) is 0 Å². The molecule has 1 aliphatic heterocycles. The lowest BCUT2D eigenvalue weighted by Crippen LogP contribution is -2.67. The summed E-state index contributed by atoms with van der Waals surface area (Å²) in [6.45, 7) is 5.95. The molecule has 1 aromatic heterocycles. The first-order valence-corrected chi connectivity index (χ1v) is 7.17. The van der Waals surface area contributed by atoms with Crippen molar-refractivity contribution in [1.82, 2.24) is 10.2 Å². The number of nitrogens with one attached hydrogen (secondary N) is 1. The number of carbonyl (C=O) groups excluding carboxylic acids is 2. The van der Waals surface area contributed by atoms with E-state index in [1.165, 1.54) is 0 Å². The van der Waals surface area contributed by atoms with Gasteiger partial charge in [0, 0.05) is 12.5 Å². The number of furan rings is 1. The number of hydrogen-bond acceptors (Lipinski definition) is 3. The Morgan fingerprint density at radius 1 is 1.40 bits per heavy atom. The first-order valence-electron chi connectivity index (χ1n) is 7.17. The molecule has 0 bridgehead atoms. The Morgan fingerprint density at radius 2 is 2.10 bits per heavy atom. The second-order valence-corrected chi connectivity index (χ2v) is 5.40. The average molecular weight is 278 g/mol. The maximum atomic E-state index is 12.7. The fraction of sp³-hybridized carbons (Fsp3) is 0.600. The van der Waals surface area contributed by atoms with E-state index in [0.717, 1.165) is 5.76 Å². The van der Waals surface area contributed by atoms with Crippen molar-refractivity contribution in [2.24, 2.45) is 0 Å². The molecule has 1 N–H and O–H groups in total. The number of carbonyl (C=O) groups is 2. The minimum atomic E-state index is -0.743. The van der Waals surface area contributed by atoms with E-state index in [4.69, 9.17) is 4.42 Å². The lowest BCUT2D eigenvalue weighted by atomic mass is 9.88. The van der Waals surface area contributed by atoms with E-state index in [1.54, 1.807) is 11.2 Å². The van der Waals surface area contributed by atoms with Gasteiger partial charge in [-0.25, -0.2) is 0 Å². The van der Waals surface area contributed by atoms with E-state index < -0.39 is 5.54 Å². The third-order valence-electron chi connectivity index (χ3n) is 4.18. The standard InChI is InChI=1S/C15H22N2O3/c1-4-15(5-2)14(19)17(10-13(18)16-15)11(3)9-12-7-6-8-20-12/h6-8,11H,4-5,9-10H2,1-3H3,(H,16,18). The average Bonchev–Trinajstić information content (AvgIpc) is 2.93. The van der Waals surface area contributed by atoms with Gasteiger partial charge in [-0.15, -0.1) is 0 Å². The first kappa shape index (κ1) is 14.6. The van der Waals surface area contributed by atoms with Crippen LogP contribution < -0.4 is 5.32 Å². The van der Waals surface area contributed by atoms with Crippen molar-refractivity contribution in [3.05, 3.63) is 24.2 Å². The van der Waals surface area contributed by atoms with Crippen molar-refractivity contribution in [3.8, 4) is 0 Å². The van der Waals surface area contributed by atoms with Gasteiger partial charge in [-0.2, -0.15) is 0 Å². The molecule has 1 aliphatic rings. The smallest absolute Gasteiger partial charge is 0.249 e. The Bertz CT molecular complexity index is 477. The SMILES string of the molecule is CCC1(CC)NC(=O)CN(C(C)Cc2ccco2)C1=O. The van der Waals surface area contributed by atoms with Gasteiger partial charge in [-0.05, 0) is 31.9 Å². The second-order valence-electron chi connectivity index (χ2n) is 5.40. The summed E-state index contributed by atoms with van der Waals surface area (Å²) in [5, 5.41) is 2.87. The van der Waals surface area contributed by atoms with Gasteiger partial charge in [0.25, 0.3) is 0 Å². The zero-order chi connectivity index (χ0) is 14.8.